The zero-order chi connectivity index (χ0) is 23.5. The number of aromatic nitrogens is 1. The minimum Gasteiger partial charge on any atom is -0.457 e. The van der Waals surface area contributed by atoms with E-state index in [0.717, 1.165) is 25.4 Å². The Morgan fingerprint density at radius 1 is 1.12 bits per heavy atom. The predicted octanol–water partition coefficient (Wildman–Crippen LogP) is 5.26. The third-order valence-electron chi connectivity index (χ3n) is 6.06. The molecule has 1 aromatic heterocycles. The van der Waals surface area contributed by atoms with Crippen molar-refractivity contribution in [3.63, 3.8) is 0 Å². The van der Waals surface area contributed by atoms with Crippen LogP contribution in [0.4, 0.5) is 11.7 Å². The van der Waals surface area contributed by atoms with E-state index in [9.17, 15) is 4.79 Å². The van der Waals surface area contributed by atoms with E-state index in [4.69, 9.17) is 9.15 Å². The topological polar surface area (TPSA) is 70.8 Å². The molecule has 1 saturated heterocycles. The lowest BCUT2D eigenvalue weighted by molar-refractivity contribution is 0.102. The molecular weight excluding hydrogens is 428 g/mol. The second-order valence-corrected chi connectivity index (χ2v) is 8.87. The number of hydrogen-bond acceptors (Lipinski definition) is 6. The summed E-state index contributed by atoms with van der Waals surface area (Å²) in [6, 6.07) is 22.7. The van der Waals surface area contributed by atoms with Crippen LogP contribution in [0.25, 0.3) is 11.1 Å². The van der Waals surface area contributed by atoms with Crippen LogP contribution in [0.5, 0.6) is 11.5 Å². The number of carbonyl (C=O) groups is 1. The number of nitrogens with one attached hydrogen (secondary N) is 1. The fraction of sp³-hybridized carbons (Fsp3) is 0.259. The number of rotatable bonds is 7. The molecule has 5 rings (SSSR count). The predicted molar refractivity (Wildman–Crippen MR) is 134 cm³/mol. The van der Waals surface area contributed by atoms with Gasteiger partial charge >= 0.3 is 0 Å². The molecule has 1 aliphatic heterocycles. The summed E-state index contributed by atoms with van der Waals surface area (Å²) in [5.74, 6) is 1.72. The molecule has 0 spiro atoms. The molecule has 1 N–H and O–H groups in total. The van der Waals surface area contributed by atoms with Crippen molar-refractivity contribution in [2.45, 2.75) is 6.42 Å². The van der Waals surface area contributed by atoms with Gasteiger partial charge in [0.05, 0.1) is 0 Å². The summed E-state index contributed by atoms with van der Waals surface area (Å²) in [4.78, 5) is 21.9. The van der Waals surface area contributed by atoms with Crippen LogP contribution in [-0.4, -0.2) is 49.5 Å². The van der Waals surface area contributed by atoms with Gasteiger partial charge in [0, 0.05) is 31.4 Å². The maximum Gasteiger partial charge on any atom is 0.298 e. The monoisotopic (exact) mass is 456 g/mol. The lowest BCUT2D eigenvalue weighted by Crippen LogP contribution is -2.27. The number of amides is 1. The van der Waals surface area contributed by atoms with Gasteiger partial charge < -0.3 is 24.3 Å². The molecule has 1 aliphatic rings. The van der Waals surface area contributed by atoms with E-state index in [-0.39, 0.29) is 5.91 Å². The first-order valence-electron chi connectivity index (χ1n) is 11.5. The second kappa shape index (κ2) is 9.57. The maximum absolute atomic E-state index is 12.9. The van der Waals surface area contributed by atoms with Gasteiger partial charge in [-0.05, 0) is 74.5 Å². The number of carbonyl (C=O) groups excluding carboxylic acids is 1. The van der Waals surface area contributed by atoms with E-state index < -0.39 is 0 Å². The summed E-state index contributed by atoms with van der Waals surface area (Å²) in [6.07, 6.45) is 1.19. The third-order valence-corrected chi connectivity index (χ3v) is 6.06. The largest absolute Gasteiger partial charge is 0.457 e. The molecule has 1 amide bonds. The zero-order valence-corrected chi connectivity index (χ0v) is 19.4. The van der Waals surface area contributed by atoms with Crippen LogP contribution in [0.2, 0.25) is 0 Å². The Balaban J connectivity index is 1.26. The van der Waals surface area contributed by atoms with E-state index in [2.05, 4.69) is 27.1 Å². The van der Waals surface area contributed by atoms with Gasteiger partial charge in [0.2, 0.25) is 0 Å². The highest BCUT2D eigenvalue weighted by Gasteiger charge is 2.22. The molecule has 34 heavy (non-hydrogen) atoms. The Bertz CT molecular complexity index is 1290. The molecule has 2 heterocycles. The molecule has 7 nitrogen and oxygen atoms in total. The lowest BCUT2D eigenvalue weighted by Gasteiger charge is -2.18. The number of benzene rings is 3. The van der Waals surface area contributed by atoms with Gasteiger partial charge in [-0.1, -0.05) is 24.3 Å². The number of ether oxygens (including phenoxy) is 1. The Morgan fingerprint density at radius 3 is 2.74 bits per heavy atom. The normalized spacial score (nSPS) is 16.0. The molecule has 3 aromatic carbocycles. The van der Waals surface area contributed by atoms with Crippen LogP contribution in [0, 0.1) is 5.92 Å². The van der Waals surface area contributed by atoms with Crippen LogP contribution in [0.3, 0.4) is 0 Å². The highest BCUT2D eigenvalue weighted by Crippen LogP contribution is 2.27. The molecule has 1 fully saturated rings. The van der Waals surface area contributed by atoms with Crippen LogP contribution in [-0.2, 0) is 0 Å². The highest BCUT2D eigenvalue weighted by molar-refractivity contribution is 6.05. The molecule has 174 valence electrons. The minimum absolute atomic E-state index is 0.218. The Morgan fingerprint density at radius 2 is 1.94 bits per heavy atom. The molecule has 1 unspecified atom stereocenters. The van der Waals surface area contributed by atoms with E-state index in [1.165, 1.54) is 6.42 Å². The lowest BCUT2D eigenvalue weighted by atomic mass is 10.1. The van der Waals surface area contributed by atoms with Crippen LogP contribution in [0.1, 0.15) is 16.8 Å². The van der Waals surface area contributed by atoms with Crippen molar-refractivity contribution in [3.05, 3.63) is 78.4 Å². The van der Waals surface area contributed by atoms with Gasteiger partial charge in [0.15, 0.2) is 5.58 Å². The summed E-state index contributed by atoms with van der Waals surface area (Å²) in [5.41, 5.74) is 2.58. The van der Waals surface area contributed by atoms with Gasteiger partial charge in [0.1, 0.15) is 17.0 Å². The highest BCUT2D eigenvalue weighted by atomic mass is 16.5. The first-order chi connectivity index (χ1) is 16.5. The summed E-state index contributed by atoms with van der Waals surface area (Å²) in [6.45, 7) is 3.14. The van der Waals surface area contributed by atoms with Gasteiger partial charge in [-0.15, -0.1) is 0 Å². The first kappa shape index (κ1) is 22.0. The number of likely N-dealkylation sites (tertiary alicyclic amines) is 1. The van der Waals surface area contributed by atoms with Crippen molar-refractivity contribution >= 4 is 28.7 Å². The van der Waals surface area contributed by atoms with Gasteiger partial charge in [-0.3, -0.25) is 4.79 Å². The maximum atomic E-state index is 12.9. The fourth-order valence-corrected chi connectivity index (χ4v) is 4.33. The molecule has 0 radical (unpaired) electrons. The Kier molecular flexibility index (Phi) is 6.18. The van der Waals surface area contributed by atoms with Crippen molar-refractivity contribution in [2.24, 2.45) is 5.92 Å². The van der Waals surface area contributed by atoms with Crippen molar-refractivity contribution in [2.75, 3.05) is 43.9 Å². The number of anilines is 2. The zero-order valence-electron chi connectivity index (χ0n) is 19.4. The third kappa shape index (κ3) is 5.05. The first-order valence-corrected chi connectivity index (χ1v) is 11.5. The van der Waals surface area contributed by atoms with Crippen molar-refractivity contribution in [1.82, 2.24) is 9.88 Å². The molecule has 1 atom stereocenters. The van der Waals surface area contributed by atoms with Crippen molar-refractivity contribution in [1.29, 1.82) is 0 Å². The summed E-state index contributed by atoms with van der Waals surface area (Å²) >= 11 is 0. The van der Waals surface area contributed by atoms with Gasteiger partial charge in [-0.2, -0.15) is 4.98 Å². The Hall–Kier alpha value is -3.84. The molecule has 7 heteroatoms. The quantitative estimate of drug-likeness (QED) is 0.409. The van der Waals surface area contributed by atoms with E-state index >= 15 is 0 Å². The number of oxazole rings is 1. The summed E-state index contributed by atoms with van der Waals surface area (Å²) < 4.78 is 11.8. The number of nitrogens with zero attached hydrogens (tertiary/aromatic N) is 3. The molecule has 4 aromatic rings. The minimum atomic E-state index is -0.218. The average molecular weight is 457 g/mol. The molecule has 0 bridgehead atoms. The van der Waals surface area contributed by atoms with E-state index in [1.807, 2.05) is 61.6 Å². The SMILES string of the molecule is CN1CCC(CN(C)c2nc3cc(NC(=O)c4cccc(Oc5ccccc5)c4)ccc3o2)C1. The Labute approximate surface area is 198 Å². The van der Waals surface area contributed by atoms with Crippen LogP contribution >= 0.6 is 0 Å². The van der Waals surface area contributed by atoms with Gasteiger partial charge in [0.25, 0.3) is 11.9 Å². The van der Waals surface area contributed by atoms with Crippen LogP contribution < -0.4 is 15.0 Å². The second-order valence-electron chi connectivity index (χ2n) is 8.87. The van der Waals surface area contributed by atoms with Crippen molar-refractivity contribution in [3.8, 4) is 11.5 Å². The standard InChI is InChI=1S/C27H28N4O3/c1-30-14-13-19(17-30)18-31(2)27-29-24-16-21(11-12-25(24)34-27)28-26(32)20-7-6-10-23(15-20)33-22-8-4-3-5-9-22/h3-12,15-16,19H,13-14,17-18H2,1-2H3,(H,28,32). The number of hydrogen-bond donors (Lipinski definition) is 1. The van der Waals surface area contributed by atoms with E-state index in [1.54, 1.807) is 18.2 Å². The van der Waals surface area contributed by atoms with Gasteiger partial charge in [-0.25, -0.2) is 0 Å². The number of fused-ring (bicyclic) bond motifs is 1. The molecular formula is C27H28N4O3. The molecule has 0 saturated carbocycles. The number of para-hydroxylation sites is 1. The van der Waals surface area contributed by atoms with Crippen LogP contribution in [0.15, 0.2) is 77.2 Å². The summed E-state index contributed by atoms with van der Waals surface area (Å²) in [5, 5.41) is 2.95. The van der Waals surface area contributed by atoms with Crippen molar-refractivity contribution < 1.29 is 13.9 Å². The summed E-state index contributed by atoms with van der Waals surface area (Å²) in [7, 11) is 4.16. The fourth-order valence-electron chi connectivity index (χ4n) is 4.33. The smallest absolute Gasteiger partial charge is 0.298 e. The van der Waals surface area contributed by atoms with E-state index in [0.29, 0.717) is 40.0 Å². The molecule has 0 aliphatic carbocycles. The average Bonchev–Trinajstić information content (AvgIpc) is 3.45.